The molecule has 3 aromatic rings. The first kappa shape index (κ1) is 22.9. The standard InChI is InChI=1S/C25H32N6O2/c1-17-20(24(32)27-14-19-10-6-5-7-11-19)15-26-23(28-17)22-12-8-9-13-31(22)16-21-18(2)29-30(3)25(21)33-4/h5-7,10-11,15,22H,8-9,12-14,16H2,1-4H3,(H,27,32). The summed E-state index contributed by atoms with van der Waals surface area (Å²) in [6.45, 7) is 6.06. The molecule has 4 rings (SSSR count). The van der Waals surface area contributed by atoms with Crippen LogP contribution in [0.15, 0.2) is 36.5 Å². The van der Waals surface area contributed by atoms with Crippen molar-refractivity contribution in [3.63, 3.8) is 0 Å². The number of hydrogen-bond donors (Lipinski definition) is 1. The van der Waals surface area contributed by atoms with E-state index in [-0.39, 0.29) is 11.9 Å². The van der Waals surface area contributed by atoms with Gasteiger partial charge in [0.2, 0.25) is 5.88 Å². The van der Waals surface area contributed by atoms with E-state index < -0.39 is 0 Å². The van der Waals surface area contributed by atoms with E-state index in [9.17, 15) is 4.79 Å². The van der Waals surface area contributed by atoms with Gasteiger partial charge in [-0.2, -0.15) is 5.10 Å². The Balaban J connectivity index is 1.50. The van der Waals surface area contributed by atoms with E-state index in [4.69, 9.17) is 9.72 Å². The van der Waals surface area contributed by atoms with Gasteiger partial charge in [-0.1, -0.05) is 36.8 Å². The van der Waals surface area contributed by atoms with Crippen LogP contribution in [0.1, 0.15) is 64.0 Å². The van der Waals surface area contributed by atoms with Crippen LogP contribution in [0.5, 0.6) is 5.88 Å². The van der Waals surface area contributed by atoms with Crippen molar-refractivity contribution in [2.24, 2.45) is 7.05 Å². The van der Waals surface area contributed by atoms with Crippen LogP contribution < -0.4 is 10.1 Å². The van der Waals surface area contributed by atoms with Crippen LogP contribution in [0, 0.1) is 13.8 Å². The van der Waals surface area contributed by atoms with Gasteiger partial charge in [-0.25, -0.2) is 14.6 Å². The van der Waals surface area contributed by atoms with Crippen LogP contribution in [0.2, 0.25) is 0 Å². The molecular formula is C25H32N6O2. The van der Waals surface area contributed by atoms with Crippen molar-refractivity contribution in [3.8, 4) is 5.88 Å². The fraction of sp³-hybridized carbons (Fsp3) is 0.440. The lowest BCUT2D eigenvalue weighted by Gasteiger charge is -2.34. The van der Waals surface area contributed by atoms with Crippen molar-refractivity contribution in [2.75, 3.05) is 13.7 Å². The van der Waals surface area contributed by atoms with E-state index in [2.05, 4.69) is 20.3 Å². The molecule has 8 nitrogen and oxygen atoms in total. The zero-order chi connectivity index (χ0) is 23.4. The van der Waals surface area contributed by atoms with E-state index in [1.807, 2.05) is 51.2 Å². The maximum atomic E-state index is 12.7. The number of nitrogens with one attached hydrogen (secondary N) is 1. The second-order valence-electron chi connectivity index (χ2n) is 8.57. The monoisotopic (exact) mass is 448 g/mol. The van der Waals surface area contributed by atoms with E-state index >= 15 is 0 Å². The quantitative estimate of drug-likeness (QED) is 0.596. The van der Waals surface area contributed by atoms with Gasteiger partial charge in [0.25, 0.3) is 5.91 Å². The minimum atomic E-state index is -0.154. The van der Waals surface area contributed by atoms with Crippen LogP contribution in [-0.2, 0) is 20.1 Å². The second kappa shape index (κ2) is 10.1. The molecule has 1 N–H and O–H groups in total. The van der Waals surface area contributed by atoms with Gasteiger partial charge in [-0.05, 0) is 38.8 Å². The molecule has 1 fully saturated rings. The number of likely N-dealkylation sites (tertiary alicyclic amines) is 1. The number of carbonyl (C=O) groups is 1. The smallest absolute Gasteiger partial charge is 0.254 e. The maximum absolute atomic E-state index is 12.7. The summed E-state index contributed by atoms with van der Waals surface area (Å²) in [4.78, 5) is 24.5. The van der Waals surface area contributed by atoms with Gasteiger partial charge in [-0.15, -0.1) is 0 Å². The molecule has 1 unspecified atom stereocenters. The topological polar surface area (TPSA) is 85.2 Å². The fourth-order valence-corrected chi connectivity index (χ4v) is 4.54. The predicted molar refractivity (Wildman–Crippen MR) is 126 cm³/mol. The largest absolute Gasteiger partial charge is 0.481 e. The summed E-state index contributed by atoms with van der Waals surface area (Å²) in [7, 11) is 3.58. The Hall–Kier alpha value is -3.26. The lowest BCUT2D eigenvalue weighted by atomic mass is 10.00. The Kier molecular flexibility index (Phi) is 7.03. The van der Waals surface area contributed by atoms with Crippen molar-refractivity contribution in [3.05, 3.63) is 70.4 Å². The minimum absolute atomic E-state index is 0.100. The molecule has 0 bridgehead atoms. The van der Waals surface area contributed by atoms with Gasteiger partial charge in [0.1, 0.15) is 5.82 Å². The highest BCUT2D eigenvalue weighted by Crippen LogP contribution is 2.33. The van der Waals surface area contributed by atoms with Gasteiger partial charge in [-0.3, -0.25) is 9.69 Å². The third-order valence-corrected chi connectivity index (χ3v) is 6.29. The first-order valence-electron chi connectivity index (χ1n) is 11.4. The lowest BCUT2D eigenvalue weighted by molar-refractivity contribution is 0.0948. The minimum Gasteiger partial charge on any atom is -0.481 e. The van der Waals surface area contributed by atoms with E-state index in [0.717, 1.165) is 60.9 Å². The van der Waals surface area contributed by atoms with Crippen molar-refractivity contribution >= 4 is 5.91 Å². The SMILES string of the molecule is COc1c(CN2CCCCC2c2ncc(C(=O)NCc3ccccc3)c(C)n2)c(C)nn1C. The molecule has 0 spiro atoms. The predicted octanol–water partition coefficient (Wildman–Crippen LogP) is 3.49. The van der Waals surface area contributed by atoms with E-state index in [1.54, 1.807) is 18.0 Å². The highest BCUT2D eigenvalue weighted by atomic mass is 16.5. The number of piperidine rings is 1. The lowest BCUT2D eigenvalue weighted by Crippen LogP contribution is -2.34. The Morgan fingerprint density at radius 2 is 1.97 bits per heavy atom. The van der Waals surface area contributed by atoms with Crippen LogP contribution in [-0.4, -0.2) is 44.2 Å². The van der Waals surface area contributed by atoms with Crippen molar-refractivity contribution in [2.45, 2.75) is 52.2 Å². The van der Waals surface area contributed by atoms with Crippen molar-refractivity contribution in [1.29, 1.82) is 0 Å². The molecule has 1 aliphatic rings. The number of ether oxygens (including phenoxy) is 1. The summed E-state index contributed by atoms with van der Waals surface area (Å²) in [5.74, 6) is 1.41. The van der Waals surface area contributed by atoms with Gasteiger partial charge >= 0.3 is 0 Å². The molecular weight excluding hydrogens is 416 g/mol. The summed E-state index contributed by atoms with van der Waals surface area (Å²) >= 11 is 0. The van der Waals surface area contributed by atoms with Gasteiger partial charge in [0.15, 0.2) is 0 Å². The first-order valence-corrected chi connectivity index (χ1v) is 11.4. The molecule has 1 aromatic carbocycles. The number of methoxy groups -OCH3 is 1. The van der Waals surface area contributed by atoms with Crippen LogP contribution >= 0.6 is 0 Å². The van der Waals surface area contributed by atoms with Gasteiger partial charge in [0.05, 0.1) is 35.7 Å². The van der Waals surface area contributed by atoms with Crippen LogP contribution in [0.25, 0.3) is 0 Å². The number of aromatic nitrogens is 4. The molecule has 3 heterocycles. The second-order valence-corrected chi connectivity index (χ2v) is 8.57. The summed E-state index contributed by atoms with van der Waals surface area (Å²) in [5.41, 5.74) is 4.34. The highest BCUT2D eigenvalue weighted by molar-refractivity contribution is 5.94. The first-order chi connectivity index (χ1) is 16.0. The Labute approximate surface area is 195 Å². The van der Waals surface area contributed by atoms with Gasteiger partial charge in [0, 0.05) is 26.3 Å². The molecule has 1 aliphatic heterocycles. The number of nitrogens with zero attached hydrogens (tertiary/aromatic N) is 5. The van der Waals surface area contributed by atoms with Crippen LogP contribution in [0.4, 0.5) is 0 Å². The summed E-state index contributed by atoms with van der Waals surface area (Å²) in [6.07, 6.45) is 4.92. The molecule has 0 aliphatic carbocycles. The van der Waals surface area contributed by atoms with E-state index in [0.29, 0.717) is 17.8 Å². The Morgan fingerprint density at radius 3 is 2.70 bits per heavy atom. The Morgan fingerprint density at radius 1 is 1.18 bits per heavy atom. The zero-order valence-corrected chi connectivity index (χ0v) is 19.8. The summed E-state index contributed by atoms with van der Waals surface area (Å²) in [5, 5.41) is 7.48. The number of rotatable bonds is 7. The fourth-order valence-electron chi connectivity index (χ4n) is 4.54. The summed E-state index contributed by atoms with van der Waals surface area (Å²) < 4.78 is 7.38. The molecule has 33 heavy (non-hydrogen) atoms. The zero-order valence-electron chi connectivity index (χ0n) is 19.8. The van der Waals surface area contributed by atoms with E-state index in [1.165, 1.54) is 0 Å². The number of carbonyl (C=O) groups excluding carboxylic acids is 1. The van der Waals surface area contributed by atoms with Crippen LogP contribution in [0.3, 0.4) is 0 Å². The molecule has 1 amide bonds. The normalized spacial score (nSPS) is 16.5. The number of amides is 1. The third-order valence-electron chi connectivity index (χ3n) is 6.29. The Bertz CT molecular complexity index is 1110. The molecule has 1 atom stereocenters. The molecule has 1 saturated heterocycles. The molecule has 2 aromatic heterocycles. The molecule has 8 heteroatoms. The van der Waals surface area contributed by atoms with Crippen molar-refractivity contribution in [1.82, 2.24) is 30.0 Å². The average Bonchev–Trinajstić information content (AvgIpc) is 3.10. The third kappa shape index (κ3) is 5.06. The van der Waals surface area contributed by atoms with Crippen molar-refractivity contribution < 1.29 is 9.53 Å². The number of hydrogen-bond acceptors (Lipinski definition) is 6. The molecule has 0 saturated carbocycles. The number of benzene rings is 1. The maximum Gasteiger partial charge on any atom is 0.254 e. The summed E-state index contributed by atoms with van der Waals surface area (Å²) in [6, 6.07) is 9.96. The number of aryl methyl sites for hydroxylation is 3. The highest BCUT2D eigenvalue weighted by Gasteiger charge is 2.29. The van der Waals surface area contributed by atoms with Gasteiger partial charge < -0.3 is 10.1 Å². The molecule has 174 valence electrons. The molecule has 0 radical (unpaired) electrons. The average molecular weight is 449 g/mol.